The molecule has 0 aromatic heterocycles. The highest BCUT2D eigenvalue weighted by Gasteiger charge is 2.06. The molecule has 0 rings (SSSR count). The number of rotatable bonds is 7. The second kappa shape index (κ2) is 7.77. The van der Waals surface area contributed by atoms with E-state index in [1.54, 1.807) is 0 Å². The highest BCUT2D eigenvalue weighted by atomic mass is 28.3. The normalized spacial score (nSPS) is 13.8. The summed E-state index contributed by atoms with van der Waals surface area (Å²) in [6, 6.07) is 2.42. The van der Waals surface area contributed by atoms with Crippen molar-refractivity contribution in [1.29, 1.82) is 0 Å². The molecule has 0 aliphatic carbocycles. The fourth-order valence-corrected chi connectivity index (χ4v) is 2.21. The Morgan fingerprint density at radius 1 is 1.17 bits per heavy atom. The van der Waals surface area contributed by atoms with Gasteiger partial charge in [-0.05, 0) is 25.4 Å². The monoisotopic (exact) mass is 190 g/mol. The maximum atomic E-state index is 5.63. The summed E-state index contributed by atoms with van der Waals surface area (Å²) in [7, 11) is -0.887. The zero-order chi connectivity index (χ0) is 9.40. The van der Waals surface area contributed by atoms with E-state index < -0.39 is 9.04 Å². The van der Waals surface area contributed by atoms with Crippen molar-refractivity contribution in [2.24, 2.45) is 0 Å². The van der Waals surface area contributed by atoms with Gasteiger partial charge in [0.2, 0.25) is 0 Å². The van der Waals surface area contributed by atoms with Gasteiger partial charge in [-0.15, -0.1) is 0 Å². The quantitative estimate of drug-likeness (QED) is 0.454. The van der Waals surface area contributed by atoms with E-state index in [2.05, 4.69) is 27.7 Å². The Morgan fingerprint density at radius 3 is 2.17 bits per heavy atom. The van der Waals surface area contributed by atoms with E-state index in [9.17, 15) is 0 Å². The van der Waals surface area contributed by atoms with Gasteiger partial charge in [0.25, 0.3) is 0 Å². The van der Waals surface area contributed by atoms with Crippen LogP contribution in [0, 0.1) is 0 Å². The van der Waals surface area contributed by atoms with E-state index in [0.717, 1.165) is 6.42 Å². The van der Waals surface area contributed by atoms with Gasteiger partial charge in [0.1, 0.15) is 6.79 Å². The lowest BCUT2D eigenvalue weighted by Gasteiger charge is -2.15. The molecule has 0 heterocycles. The molecule has 0 aromatic rings. The first kappa shape index (κ1) is 12.1. The van der Waals surface area contributed by atoms with Crippen LogP contribution in [0.4, 0.5) is 0 Å². The summed E-state index contributed by atoms with van der Waals surface area (Å²) in [5.74, 6) is 0. The second-order valence-corrected chi connectivity index (χ2v) is 6.32. The van der Waals surface area contributed by atoms with E-state index in [1.807, 2.05) is 0 Å². The van der Waals surface area contributed by atoms with Crippen LogP contribution in [0.1, 0.15) is 34.1 Å². The molecule has 1 unspecified atom stereocenters. The Balaban J connectivity index is 3.28. The molecule has 0 fully saturated rings. The van der Waals surface area contributed by atoms with Crippen LogP contribution in [-0.4, -0.2) is 21.9 Å². The van der Waals surface area contributed by atoms with Crippen molar-refractivity contribution in [3.8, 4) is 0 Å². The third kappa shape index (κ3) is 5.74. The van der Waals surface area contributed by atoms with Gasteiger partial charge in [0.15, 0.2) is 9.04 Å². The molecule has 0 amide bonds. The molecular weight excluding hydrogens is 168 g/mol. The van der Waals surface area contributed by atoms with Crippen molar-refractivity contribution in [2.45, 2.75) is 52.3 Å². The van der Waals surface area contributed by atoms with Crippen LogP contribution in [0.5, 0.6) is 0 Å². The minimum atomic E-state index is -0.887. The SMILES string of the molecule is CCC(C)OCO[SiH](CC)CC. The molecular formula is C9H22O2Si. The molecule has 0 aliphatic heterocycles. The first-order valence-corrected chi connectivity index (χ1v) is 7.08. The summed E-state index contributed by atoms with van der Waals surface area (Å²) in [4.78, 5) is 0. The van der Waals surface area contributed by atoms with Crippen molar-refractivity contribution in [2.75, 3.05) is 6.79 Å². The van der Waals surface area contributed by atoms with E-state index in [0.29, 0.717) is 12.9 Å². The number of hydrogen-bond acceptors (Lipinski definition) is 2. The molecule has 74 valence electrons. The topological polar surface area (TPSA) is 18.5 Å². The van der Waals surface area contributed by atoms with Crippen LogP contribution in [0.25, 0.3) is 0 Å². The van der Waals surface area contributed by atoms with Crippen molar-refractivity contribution in [1.82, 2.24) is 0 Å². The maximum Gasteiger partial charge on any atom is 0.179 e. The highest BCUT2D eigenvalue weighted by molar-refractivity contribution is 6.51. The van der Waals surface area contributed by atoms with Crippen LogP contribution >= 0.6 is 0 Å². The summed E-state index contributed by atoms with van der Waals surface area (Å²) in [6.45, 7) is 9.11. The molecule has 0 N–H and O–H groups in total. The van der Waals surface area contributed by atoms with E-state index >= 15 is 0 Å². The highest BCUT2D eigenvalue weighted by Crippen LogP contribution is 2.02. The number of hydrogen-bond donors (Lipinski definition) is 0. The van der Waals surface area contributed by atoms with E-state index in [4.69, 9.17) is 9.16 Å². The van der Waals surface area contributed by atoms with Crippen LogP contribution < -0.4 is 0 Å². The van der Waals surface area contributed by atoms with Gasteiger partial charge in [0.05, 0.1) is 6.10 Å². The minimum Gasteiger partial charge on any atom is -0.398 e. The van der Waals surface area contributed by atoms with Gasteiger partial charge in [-0.3, -0.25) is 0 Å². The van der Waals surface area contributed by atoms with Crippen LogP contribution in [0.3, 0.4) is 0 Å². The zero-order valence-electron chi connectivity index (χ0n) is 8.80. The average molecular weight is 190 g/mol. The van der Waals surface area contributed by atoms with Gasteiger partial charge < -0.3 is 9.16 Å². The van der Waals surface area contributed by atoms with Crippen LogP contribution in [0.2, 0.25) is 12.1 Å². The van der Waals surface area contributed by atoms with Crippen LogP contribution in [-0.2, 0) is 9.16 Å². The Morgan fingerprint density at radius 2 is 1.75 bits per heavy atom. The van der Waals surface area contributed by atoms with Crippen molar-refractivity contribution in [3.63, 3.8) is 0 Å². The molecule has 0 saturated heterocycles. The summed E-state index contributed by atoms with van der Waals surface area (Å²) >= 11 is 0. The third-order valence-electron chi connectivity index (χ3n) is 2.14. The van der Waals surface area contributed by atoms with Gasteiger partial charge >= 0.3 is 0 Å². The summed E-state index contributed by atoms with van der Waals surface area (Å²) < 4.78 is 11.1. The van der Waals surface area contributed by atoms with Crippen molar-refractivity contribution >= 4 is 9.04 Å². The lowest BCUT2D eigenvalue weighted by Crippen LogP contribution is -2.19. The Kier molecular flexibility index (Phi) is 7.86. The molecule has 0 aromatic carbocycles. The van der Waals surface area contributed by atoms with E-state index in [-0.39, 0.29) is 0 Å². The van der Waals surface area contributed by atoms with Crippen molar-refractivity contribution < 1.29 is 9.16 Å². The molecule has 0 radical (unpaired) electrons. The molecule has 0 saturated carbocycles. The van der Waals surface area contributed by atoms with Crippen LogP contribution in [0.15, 0.2) is 0 Å². The molecule has 12 heavy (non-hydrogen) atoms. The number of ether oxygens (including phenoxy) is 1. The molecule has 3 heteroatoms. The van der Waals surface area contributed by atoms with Gasteiger partial charge in [-0.2, -0.15) is 0 Å². The molecule has 0 bridgehead atoms. The molecule has 0 spiro atoms. The molecule has 0 aliphatic rings. The molecule has 1 atom stereocenters. The second-order valence-electron chi connectivity index (χ2n) is 3.11. The largest absolute Gasteiger partial charge is 0.398 e. The summed E-state index contributed by atoms with van der Waals surface area (Å²) in [5.41, 5.74) is 0. The standard InChI is InChI=1S/C9H22O2Si/c1-5-9(4)10-8-11-12(6-2)7-3/h9,12H,5-8H2,1-4H3. The summed E-state index contributed by atoms with van der Waals surface area (Å²) in [5, 5.41) is 0. The smallest absolute Gasteiger partial charge is 0.179 e. The van der Waals surface area contributed by atoms with Gasteiger partial charge in [-0.1, -0.05) is 20.8 Å². The fraction of sp³-hybridized carbons (Fsp3) is 1.00. The maximum absolute atomic E-state index is 5.63. The first-order valence-electron chi connectivity index (χ1n) is 4.97. The van der Waals surface area contributed by atoms with Gasteiger partial charge in [0, 0.05) is 0 Å². The Hall–Kier alpha value is 0.137. The fourth-order valence-electron chi connectivity index (χ4n) is 0.894. The molecule has 2 nitrogen and oxygen atoms in total. The zero-order valence-corrected chi connectivity index (χ0v) is 9.95. The lowest BCUT2D eigenvalue weighted by atomic mass is 10.3. The lowest BCUT2D eigenvalue weighted by molar-refractivity contribution is -0.0311. The predicted octanol–water partition coefficient (Wildman–Crippen LogP) is 2.54. The van der Waals surface area contributed by atoms with Gasteiger partial charge in [-0.25, -0.2) is 0 Å². The Labute approximate surface area is 78.0 Å². The average Bonchev–Trinajstić information content (AvgIpc) is 2.12. The first-order chi connectivity index (χ1) is 5.74. The predicted molar refractivity (Wildman–Crippen MR) is 54.9 cm³/mol. The minimum absolute atomic E-state index is 0.341. The van der Waals surface area contributed by atoms with Crippen molar-refractivity contribution in [3.05, 3.63) is 0 Å². The van der Waals surface area contributed by atoms with E-state index in [1.165, 1.54) is 12.1 Å². The summed E-state index contributed by atoms with van der Waals surface area (Å²) in [6.07, 6.45) is 1.40. The Bertz CT molecular complexity index is 94.5. The third-order valence-corrected chi connectivity index (χ3v) is 4.57.